The van der Waals surface area contributed by atoms with Crippen LogP contribution in [0.1, 0.15) is 41.4 Å². The number of benzene rings is 1. The van der Waals surface area contributed by atoms with Gasteiger partial charge in [-0.3, -0.25) is 4.79 Å². The molecule has 3 aromatic rings. The fourth-order valence-electron chi connectivity index (χ4n) is 4.41. The van der Waals surface area contributed by atoms with E-state index in [2.05, 4.69) is 34.1 Å². The molecule has 8 heteroatoms. The summed E-state index contributed by atoms with van der Waals surface area (Å²) in [5.41, 5.74) is 4.35. The molecule has 1 fully saturated rings. The molecule has 1 aliphatic carbocycles. The lowest BCUT2D eigenvalue weighted by Crippen LogP contribution is -2.37. The van der Waals surface area contributed by atoms with Crippen LogP contribution in [0.4, 0.5) is 11.4 Å². The lowest BCUT2D eigenvalue weighted by atomic mass is 9.87. The van der Waals surface area contributed by atoms with Gasteiger partial charge in [0.1, 0.15) is 5.56 Å². The first-order chi connectivity index (χ1) is 14.4. The summed E-state index contributed by atoms with van der Waals surface area (Å²) in [4.78, 5) is 19.6. The molecular formula is C22H25N5O3. The van der Waals surface area contributed by atoms with Crippen molar-refractivity contribution in [3.63, 3.8) is 0 Å². The van der Waals surface area contributed by atoms with E-state index in [-0.39, 0.29) is 11.3 Å². The average Bonchev–Trinajstić information content (AvgIpc) is 3.27. The highest BCUT2D eigenvalue weighted by atomic mass is 16.5. The molecule has 1 aliphatic heterocycles. The number of rotatable bonds is 3. The zero-order valence-corrected chi connectivity index (χ0v) is 17.1. The summed E-state index contributed by atoms with van der Waals surface area (Å²) in [5, 5.41) is 18.1. The van der Waals surface area contributed by atoms with Crippen LogP contribution in [0.2, 0.25) is 0 Å². The van der Waals surface area contributed by atoms with Gasteiger partial charge in [-0.1, -0.05) is 13.8 Å². The van der Waals surface area contributed by atoms with Gasteiger partial charge in [0.25, 0.3) is 5.91 Å². The molecule has 1 amide bonds. The predicted octanol–water partition coefficient (Wildman–Crippen LogP) is 2.43. The van der Waals surface area contributed by atoms with Crippen LogP contribution in [0.3, 0.4) is 0 Å². The number of carbonyl (C=O) groups is 1. The second kappa shape index (κ2) is 7.07. The first kappa shape index (κ1) is 19.0. The van der Waals surface area contributed by atoms with E-state index in [4.69, 9.17) is 4.74 Å². The van der Waals surface area contributed by atoms with Gasteiger partial charge in [0.15, 0.2) is 5.65 Å². The van der Waals surface area contributed by atoms with Crippen LogP contribution in [0.15, 0.2) is 36.8 Å². The zero-order chi connectivity index (χ0) is 20.9. The highest BCUT2D eigenvalue weighted by Crippen LogP contribution is 2.48. The van der Waals surface area contributed by atoms with Crippen molar-refractivity contribution < 1.29 is 14.6 Å². The highest BCUT2D eigenvalue weighted by molar-refractivity contribution is 6.09. The van der Waals surface area contributed by atoms with E-state index in [1.165, 1.54) is 6.20 Å². The molecule has 2 aliphatic rings. The van der Waals surface area contributed by atoms with Crippen molar-refractivity contribution in [3.8, 4) is 0 Å². The Hall–Kier alpha value is -2.97. The largest absolute Gasteiger partial charge is 0.388 e. The third-order valence-electron chi connectivity index (χ3n) is 6.06. The van der Waals surface area contributed by atoms with Gasteiger partial charge in [0.2, 0.25) is 0 Å². The number of carbonyl (C=O) groups excluding carboxylic acids is 1. The van der Waals surface area contributed by atoms with Gasteiger partial charge in [0.05, 0.1) is 36.9 Å². The number of aliphatic hydroxyl groups is 1. The lowest BCUT2D eigenvalue weighted by molar-refractivity contribution is 0.0666. The molecular weight excluding hydrogens is 382 g/mol. The Kier molecular flexibility index (Phi) is 4.48. The summed E-state index contributed by atoms with van der Waals surface area (Å²) in [6.45, 7) is 6.87. The minimum atomic E-state index is -0.527. The van der Waals surface area contributed by atoms with Gasteiger partial charge in [-0.15, -0.1) is 0 Å². The Balaban J connectivity index is 1.54. The molecule has 3 heterocycles. The zero-order valence-electron chi connectivity index (χ0n) is 17.1. The van der Waals surface area contributed by atoms with Crippen LogP contribution >= 0.6 is 0 Å². The molecule has 1 aromatic carbocycles. The normalized spacial score (nSPS) is 20.4. The van der Waals surface area contributed by atoms with E-state index in [1.807, 2.05) is 12.1 Å². The van der Waals surface area contributed by atoms with Crippen molar-refractivity contribution in [2.75, 3.05) is 36.5 Å². The minimum Gasteiger partial charge on any atom is -0.388 e. The molecule has 0 spiro atoms. The Labute approximate surface area is 174 Å². The van der Waals surface area contributed by atoms with Crippen LogP contribution in [0.5, 0.6) is 0 Å². The summed E-state index contributed by atoms with van der Waals surface area (Å²) >= 11 is 0. The van der Waals surface area contributed by atoms with E-state index < -0.39 is 6.10 Å². The Bertz CT molecular complexity index is 1120. The number of aromatic nitrogens is 3. The number of hydrogen-bond acceptors (Lipinski definition) is 6. The molecule has 30 heavy (non-hydrogen) atoms. The third-order valence-corrected chi connectivity index (χ3v) is 6.06. The fourth-order valence-corrected chi connectivity index (χ4v) is 4.41. The molecule has 0 saturated carbocycles. The maximum absolute atomic E-state index is 13.1. The monoisotopic (exact) mass is 407 g/mol. The minimum absolute atomic E-state index is 0.237. The first-order valence-electron chi connectivity index (χ1n) is 10.2. The van der Waals surface area contributed by atoms with Gasteiger partial charge in [-0.25, -0.2) is 9.50 Å². The topological polar surface area (TPSA) is 92.0 Å². The molecule has 0 bridgehead atoms. The van der Waals surface area contributed by atoms with Crippen LogP contribution < -0.4 is 10.2 Å². The van der Waals surface area contributed by atoms with Crippen molar-refractivity contribution in [1.29, 1.82) is 0 Å². The lowest BCUT2D eigenvalue weighted by Gasteiger charge is -2.31. The first-order valence-corrected chi connectivity index (χ1v) is 10.2. The number of aliphatic hydroxyl groups excluding tert-OH is 1. The summed E-state index contributed by atoms with van der Waals surface area (Å²) in [5.74, 6) is -0.254. The summed E-state index contributed by atoms with van der Waals surface area (Å²) in [6.07, 6.45) is 5.17. The molecule has 2 aromatic heterocycles. The Morgan fingerprint density at radius 1 is 1.30 bits per heavy atom. The van der Waals surface area contributed by atoms with Crippen LogP contribution in [0, 0.1) is 5.41 Å². The Morgan fingerprint density at radius 3 is 2.90 bits per heavy atom. The molecule has 1 saturated heterocycles. The second-order valence-electron chi connectivity index (χ2n) is 8.64. The quantitative estimate of drug-likeness (QED) is 0.693. The number of morpholine rings is 1. The van der Waals surface area contributed by atoms with Crippen LogP contribution in [-0.4, -0.2) is 51.9 Å². The third kappa shape index (κ3) is 3.12. The van der Waals surface area contributed by atoms with Crippen LogP contribution in [-0.2, 0) is 11.2 Å². The number of hydrogen-bond donors (Lipinski definition) is 2. The van der Waals surface area contributed by atoms with Crippen LogP contribution in [0.25, 0.3) is 5.65 Å². The van der Waals surface area contributed by atoms with Gasteiger partial charge in [-0.2, -0.15) is 5.10 Å². The molecule has 0 unspecified atom stereocenters. The highest BCUT2D eigenvalue weighted by Gasteiger charge is 2.39. The molecule has 5 rings (SSSR count). The molecule has 156 valence electrons. The van der Waals surface area contributed by atoms with E-state index in [0.717, 1.165) is 42.0 Å². The number of nitrogens with one attached hydrogen (secondary N) is 1. The predicted molar refractivity (Wildman–Crippen MR) is 113 cm³/mol. The number of nitrogens with zero attached hydrogens (tertiary/aromatic N) is 4. The standard InChI is InChI=1S/C22H25N5O3/c1-22(2)12-14-10-17(18(11-15(14)19(22)28)26-6-8-30-9-7-26)25-21(29)16-13-24-27-5-3-4-23-20(16)27/h3-5,10-11,13,19,28H,6-9,12H2,1-2H3,(H,25,29)/t19-/m1/s1. The van der Waals surface area contributed by atoms with E-state index in [1.54, 1.807) is 23.0 Å². The van der Waals surface area contributed by atoms with Crippen molar-refractivity contribution in [3.05, 3.63) is 53.5 Å². The van der Waals surface area contributed by atoms with E-state index >= 15 is 0 Å². The molecule has 1 atom stereocenters. The molecule has 8 nitrogen and oxygen atoms in total. The second-order valence-corrected chi connectivity index (χ2v) is 8.64. The van der Waals surface area contributed by atoms with Gasteiger partial charge >= 0.3 is 0 Å². The van der Waals surface area contributed by atoms with E-state index in [0.29, 0.717) is 24.4 Å². The smallest absolute Gasteiger partial charge is 0.261 e. The van der Waals surface area contributed by atoms with Gasteiger partial charge < -0.3 is 20.1 Å². The fraction of sp³-hybridized carbons (Fsp3) is 0.409. The Morgan fingerprint density at radius 2 is 2.10 bits per heavy atom. The summed E-state index contributed by atoms with van der Waals surface area (Å²) in [6, 6.07) is 5.81. The number of fused-ring (bicyclic) bond motifs is 2. The van der Waals surface area contributed by atoms with Crippen molar-refractivity contribution in [1.82, 2.24) is 14.6 Å². The maximum Gasteiger partial charge on any atom is 0.261 e. The molecule has 2 N–H and O–H groups in total. The maximum atomic E-state index is 13.1. The van der Waals surface area contributed by atoms with E-state index in [9.17, 15) is 9.90 Å². The van der Waals surface area contributed by atoms with Crippen molar-refractivity contribution >= 4 is 22.9 Å². The summed E-state index contributed by atoms with van der Waals surface area (Å²) < 4.78 is 7.08. The van der Waals surface area contributed by atoms with Gasteiger partial charge in [-0.05, 0) is 41.2 Å². The number of ether oxygens (including phenoxy) is 1. The van der Waals surface area contributed by atoms with Crippen molar-refractivity contribution in [2.24, 2.45) is 5.41 Å². The summed E-state index contributed by atoms with van der Waals surface area (Å²) in [7, 11) is 0. The number of amides is 1. The average molecular weight is 407 g/mol. The van der Waals surface area contributed by atoms with Crippen molar-refractivity contribution in [2.45, 2.75) is 26.4 Å². The SMILES string of the molecule is CC1(C)Cc2cc(NC(=O)c3cnn4cccnc34)c(N3CCOCC3)cc2[C@H]1O. The number of anilines is 2. The van der Waals surface area contributed by atoms with Gasteiger partial charge in [0, 0.05) is 25.5 Å². The molecule has 0 radical (unpaired) electrons.